The third-order valence-electron chi connectivity index (χ3n) is 8.21. The van der Waals surface area contributed by atoms with Gasteiger partial charge in [0.25, 0.3) is 5.91 Å². The van der Waals surface area contributed by atoms with E-state index in [1.807, 2.05) is 80.6 Å². The van der Waals surface area contributed by atoms with Crippen LogP contribution in [-0.2, 0) is 13.0 Å². The minimum atomic E-state index is -1.06. The molecule has 2 atom stereocenters. The van der Waals surface area contributed by atoms with Gasteiger partial charge in [-0.15, -0.1) is 0 Å². The highest BCUT2D eigenvalue weighted by Gasteiger charge is 2.33. The Morgan fingerprint density at radius 3 is 2.22 bits per heavy atom. The number of primary amides is 2. The molecule has 0 fully saturated rings. The number of carbonyl (C=O) groups is 3. The van der Waals surface area contributed by atoms with E-state index in [9.17, 15) is 19.5 Å². The molecule has 0 aliphatic heterocycles. The van der Waals surface area contributed by atoms with Crippen LogP contribution >= 0.6 is 0 Å². The topological polar surface area (TPSA) is 148 Å². The first-order valence-corrected chi connectivity index (χ1v) is 15.7. The molecule has 46 heavy (non-hydrogen) atoms. The van der Waals surface area contributed by atoms with E-state index in [-0.39, 0.29) is 29.1 Å². The summed E-state index contributed by atoms with van der Waals surface area (Å²) >= 11 is 0. The molecule has 0 unspecified atom stereocenters. The second-order valence-electron chi connectivity index (χ2n) is 11.5. The maximum Gasteiger partial charge on any atom is 0.254 e. The summed E-state index contributed by atoms with van der Waals surface area (Å²) < 4.78 is 5.34. The third kappa shape index (κ3) is 8.10. The number of hydrogen-bond acceptors (Lipinski definition) is 6. The number of fused-ring (bicyclic) bond motifs is 1. The number of methoxy groups -OCH3 is 1. The number of nitrogens with zero attached hydrogens (tertiary/aromatic N) is 1. The van der Waals surface area contributed by atoms with E-state index in [0.29, 0.717) is 31.6 Å². The van der Waals surface area contributed by atoms with Gasteiger partial charge in [-0.1, -0.05) is 68.4 Å². The Hall–Kier alpha value is -4.73. The molecule has 0 saturated heterocycles. The number of nitrogens with one attached hydrogen (secondary N) is 1. The smallest absolute Gasteiger partial charge is 0.254 e. The van der Waals surface area contributed by atoms with E-state index >= 15 is 0 Å². The lowest BCUT2D eigenvalue weighted by molar-refractivity contribution is 0.0751. The molecule has 4 aromatic carbocycles. The Bertz CT molecular complexity index is 1680. The van der Waals surface area contributed by atoms with Crippen molar-refractivity contribution in [1.29, 1.82) is 0 Å². The lowest BCUT2D eigenvalue weighted by atomic mass is 9.79. The molecular weight excluding hydrogens is 580 g/mol. The van der Waals surface area contributed by atoms with Gasteiger partial charge < -0.3 is 31.5 Å². The first-order chi connectivity index (χ1) is 22.2. The maximum absolute atomic E-state index is 14.3. The van der Waals surface area contributed by atoms with E-state index in [0.717, 1.165) is 40.5 Å². The number of ether oxygens (including phenoxy) is 1. The number of amides is 3. The van der Waals surface area contributed by atoms with Gasteiger partial charge in [-0.2, -0.15) is 0 Å². The quantitative estimate of drug-likeness (QED) is 0.141. The van der Waals surface area contributed by atoms with Gasteiger partial charge >= 0.3 is 0 Å². The van der Waals surface area contributed by atoms with Crippen molar-refractivity contribution in [3.63, 3.8) is 0 Å². The highest BCUT2D eigenvalue weighted by atomic mass is 16.5. The van der Waals surface area contributed by atoms with Crippen molar-refractivity contribution in [2.24, 2.45) is 11.5 Å². The van der Waals surface area contributed by atoms with E-state index < -0.39 is 23.8 Å². The minimum absolute atomic E-state index is 0.00315. The largest absolute Gasteiger partial charge is 0.497 e. The van der Waals surface area contributed by atoms with Crippen molar-refractivity contribution < 1.29 is 24.2 Å². The van der Waals surface area contributed by atoms with Crippen LogP contribution < -0.4 is 21.5 Å². The first kappa shape index (κ1) is 34.1. The van der Waals surface area contributed by atoms with Gasteiger partial charge in [0.1, 0.15) is 5.75 Å². The Kier molecular flexibility index (Phi) is 11.9. The minimum Gasteiger partial charge on any atom is -0.497 e. The fourth-order valence-corrected chi connectivity index (χ4v) is 6.03. The number of carbonyl (C=O) groups excluding carboxylic acids is 3. The summed E-state index contributed by atoms with van der Waals surface area (Å²) in [5.41, 5.74) is 14.0. The summed E-state index contributed by atoms with van der Waals surface area (Å²) in [4.78, 5) is 41.5. The molecule has 4 aromatic rings. The lowest BCUT2D eigenvalue weighted by Gasteiger charge is -2.30. The average molecular weight is 625 g/mol. The van der Waals surface area contributed by atoms with E-state index in [1.165, 1.54) is 12.1 Å². The molecule has 0 aromatic heterocycles. The molecule has 0 aliphatic carbocycles. The van der Waals surface area contributed by atoms with Crippen molar-refractivity contribution in [3.8, 4) is 5.75 Å². The van der Waals surface area contributed by atoms with Gasteiger partial charge in [0.15, 0.2) is 0 Å². The third-order valence-corrected chi connectivity index (χ3v) is 8.21. The fourth-order valence-electron chi connectivity index (χ4n) is 6.03. The van der Waals surface area contributed by atoms with Crippen LogP contribution in [0.25, 0.3) is 10.8 Å². The summed E-state index contributed by atoms with van der Waals surface area (Å²) in [6.07, 6.45) is 0.673. The normalized spacial score (nSPS) is 12.4. The molecule has 6 N–H and O–H groups in total. The van der Waals surface area contributed by atoms with Crippen molar-refractivity contribution >= 4 is 28.5 Å². The van der Waals surface area contributed by atoms with Gasteiger partial charge in [0, 0.05) is 48.8 Å². The zero-order valence-electron chi connectivity index (χ0n) is 26.8. The number of aliphatic hydroxyl groups excluding tert-OH is 1. The molecule has 0 saturated carbocycles. The van der Waals surface area contributed by atoms with Crippen LogP contribution in [0.15, 0.2) is 78.9 Å². The van der Waals surface area contributed by atoms with Crippen molar-refractivity contribution in [1.82, 2.24) is 10.2 Å². The molecule has 0 heterocycles. The Labute approximate surface area is 270 Å². The molecule has 9 heteroatoms. The zero-order chi connectivity index (χ0) is 33.2. The Morgan fingerprint density at radius 2 is 1.54 bits per heavy atom. The molecular formula is C37H44N4O5. The maximum atomic E-state index is 14.3. The monoisotopic (exact) mass is 624 g/mol. The van der Waals surface area contributed by atoms with Crippen LogP contribution in [-0.4, -0.2) is 60.6 Å². The molecule has 0 radical (unpaired) electrons. The van der Waals surface area contributed by atoms with Crippen molar-refractivity contribution in [2.45, 2.75) is 51.7 Å². The summed E-state index contributed by atoms with van der Waals surface area (Å²) in [6, 6.07) is 24.3. The van der Waals surface area contributed by atoms with Gasteiger partial charge in [0.05, 0.1) is 13.2 Å². The predicted molar refractivity (Wildman–Crippen MR) is 181 cm³/mol. The van der Waals surface area contributed by atoms with E-state index in [1.54, 1.807) is 12.0 Å². The number of hydrogen-bond donors (Lipinski definition) is 4. The van der Waals surface area contributed by atoms with Gasteiger partial charge in [0.2, 0.25) is 11.8 Å². The fraction of sp³-hybridized carbons (Fsp3) is 0.324. The number of benzene rings is 4. The SMILES string of the molecule is CCCN(CCC)C(=O)c1cc(C(N)=O)cc(C(N)=O)c1[C@H](Cc1cccc2ccccc12)[C@@H](O)CNCc1cccc(OC)c1. The molecule has 0 bridgehead atoms. The highest BCUT2D eigenvalue weighted by molar-refractivity contribution is 6.06. The predicted octanol–water partition coefficient (Wildman–Crippen LogP) is 4.79. The van der Waals surface area contributed by atoms with Crippen LogP contribution in [0.4, 0.5) is 0 Å². The number of rotatable bonds is 16. The summed E-state index contributed by atoms with van der Waals surface area (Å²) in [5, 5.41) is 17.3. The molecule has 0 spiro atoms. The summed E-state index contributed by atoms with van der Waals surface area (Å²) in [5.74, 6) is -1.97. The van der Waals surface area contributed by atoms with E-state index in [2.05, 4.69) is 5.32 Å². The second kappa shape index (κ2) is 16.0. The van der Waals surface area contributed by atoms with Gasteiger partial charge in [-0.25, -0.2) is 0 Å². The van der Waals surface area contributed by atoms with Gasteiger partial charge in [-0.05, 0) is 71.0 Å². The average Bonchev–Trinajstić information content (AvgIpc) is 3.06. The zero-order valence-corrected chi connectivity index (χ0v) is 26.8. The van der Waals surface area contributed by atoms with Crippen LogP contribution in [0.2, 0.25) is 0 Å². The standard InChI is InChI=1S/C37H44N4O5/c1-4-16-41(17-5-2)37(45)32-21-27(35(38)43)20-31(36(39)44)34(32)30(19-26-13-9-12-25-11-6-7-15-29(25)26)33(42)23-40-22-24-10-8-14-28(18-24)46-3/h6-15,18,20-21,30,33,40,42H,4-5,16-17,19,22-23H2,1-3H3,(H2,38,43)(H2,39,44)/t30-,33+/m1/s1. The first-order valence-electron chi connectivity index (χ1n) is 15.7. The Balaban J connectivity index is 1.86. The van der Waals surface area contributed by atoms with Crippen LogP contribution in [0.1, 0.15) is 80.4 Å². The summed E-state index contributed by atoms with van der Waals surface area (Å²) in [6.45, 7) is 5.52. The molecule has 0 aliphatic rings. The molecule has 9 nitrogen and oxygen atoms in total. The number of aliphatic hydroxyl groups is 1. The molecule has 242 valence electrons. The highest BCUT2D eigenvalue weighted by Crippen LogP contribution is 2.34. The second-order valence-corrected chi connectivity index (χ2v) is 11.5. The Morgan fingerprint density at radius 1 is 0.870 bits per heavy atom. The number of nitrogens with two attached hydrogens (primary N) is 2. The lowest BCUT2D eigenvalue weighted by Crippen LogP contribution is -2.38. The van der Waals surface area contributed by atoms with E-state index in [4.69, 9.17) is 16.2 Å². The molecule has 4 rings (SSSR count). The van der Waals surface area contributed by atoms with Crippen LogP contribution in [0.3, 0.4) is 0 Å². The van der Waals surface area contributed by atoms with Crippen molar-refractivity contribution in [3.05, 3.63) is 112 Å². The van der Waals surface area contributed by atoms with Gasteiger partial charge in [-0.3, -0.25) is 14.4 Å². The van der Waals surface area contributed by atoms with Crippen molar-refractivity contribution in [2.75, 3.05) is 26.7 Å². The van der Waals surface area contributed by atoms with Crippen LogP contribution in [0.5, 0.6) is 5.75 Å². The molecule has 3 amide bonds. The summed E-state index contributed by atoms with van der Waals surface area (Å²) in [7, 11) is 1.61. The van der Waals surface area contributed by atoms with Crippen LogP contribution in [0, 0.1) is 0 Å².